The van der Waals surface area contributed by atoms with E-state index in [0.717, 1.165) is 0 Å². The van der Waals surface area contributed by atoms with Crippen molar-refractivity contribution >= 4 is 27.5 Å². The van der Waals surface area contributed by atoms with E-state index in [9.17, 15) is 9.18 Å². The smallest absolute Gasteiger partial charge is 0.331 e. The first-order valence-electron chi connectivity index (χ1n) is 4.29. The highest BCUT2D eigenvalue weighted by Gasteiger charge is 2.08. The van der Waals surface area contributed by atoms with Crippen molar-refractivity contribution in [2.75, 3.05) is 0 Å². The molecule has 0 aliphatic heterocycles. The predicted molar refractivity (Wildman–Crippen MR) is 60.0 cm³/mol. The number of carboxylic acids is 1. The largest absolute Gasteiger partial charge is 0.478 e. The van der Waals surface area contributed by atoms with Crippen LogP contribution < -0.4 is 0 Å². The summed E-state index contributed by atoms with van der Waals surface area (Å²) in [7, 11) is 0. The van der Waals surface area contributed by atoms with Gasteiger partial charge in [-0.05, 0) is 53.0 Å². The Labute approximate surface area is 95.6 Å². The van der Waals surface area contributed by atoms with Crippen molar-refractivity contribution in [1.82, 2.24) is 0 Å². The van der Waals surface area contributed by atoms with Gasteiger partial charge >= 0.3 is 5.97 Å². The van der Waals surface area contributed by atoms with E-state index >= 15 is 0 Å². The quantitative estimate of drug-likeness (QED) is 0.838. The first kappa shape index (κ1) is 11.9. The van der Waals surface area contributed by atoms with Crippen LogP contribution in [0.3, 0.4) is 0 Å². The summed E-state index contributed by atoms with van der Waals surface area (Å²) < 4.78 is 13.3. The molecule has 0 amide bonds. The lowest BCUT2D eigenvalue weighted by Gasteiger charge is -2.05. The molecule has 0 heterocycles. The summed E-state index contributed by atoms with van der Waals surface area (Å²) in [5.41, 5.74) is 1.58. The minimum atomic E-state index is -0.965. The molecular formula is C11H10BrFO2. The van der Waals surface area contributed by atoms with Gasteiger partial charge in [-0.3, -0.25) is 0 Å². The van der Waals surface area contributed by atoms with Gasteiger partial charge in [-0.25, -0.2) is 9.18 Å². The Morgan fingerprint density at radius 1 is 1.40 bits per heavy atom. The zero-order chi connectivity index (χ0) is 11.6. The Balaban J connectivity index is 3.23. The number of carbonyl (C=O) groups is 1. The summed E-state index contributed by atoms with van der Waals surface area (Å²) in [4.78, 5) is 10.7. The monoisotopic (exact) mass is 272 g/mol. The van der Waals surface area contributed by atoms with Crippen molar-refractivity contribution < 1.29 is 14.3 Å². The van der Waals surface area contributed by atoms with Gasteiger partial charge in [0.1, 0.15) is 5.82 Å². The van der Waals surface area contributed by atoms with E-state index < -0.39 is 5.97 Å². The SMILES string of the molecule is C/C(C(=O)O)=C(/C)c1ccc(F)c(Br)c1. The van der Waals surface area contributed by atoms with Crippen LogP contribution >= 0.6 is 15.9 Å². The Bertz CT molecular complexity index is 438. The van der Waals surface area contributed by atoms with Gasteiger partial charge in [0, 0.05) is 5.57 Å². The highest BCUT2D eigenvalue weighted by molar-refractivity contribution is 9.10. The van der Waals surface area contributed by atoms with Crippen molar-refractivity contribution in [1.29, 1.82) is 0 Å². The molecule has 1 aromatic carbocycles. The molecule has 80 valence electrons. The van der Waals surface area contributed by atoms with E-state index in [1.165, 1.54) is 13.0 Å². The molecule has 0 saturated carbocycles. The number of carboxylic acid groups (broad SMARTS) is 1. The van der Waals surface area contributed by atoms with Gasteiger partial charge in [-0.1, -0.05) is 6.07 Å². The molecule has 0 spiro atoms. The summed E-state index contributed by atoms with van der Waals surface area (Å²) in [6.45, 7) is 3.22. The van der Waals surface area contributed by atoms with Crippen molar-refractivity contribution in [2.24, 2.45) is 0 Å². The average molecular weight is 273 g/mol. The van der Waals surface area contributed by atoms with Gasteiger partial charge in [-0.2, -0.15) is 0 Å². The molecule has 0 aliphatic carbocycles. The minimum Gasteiger partial charge on any atom is -0.478 e. The van der Waals surface area contributed by atoms with Gasteiger partial charge in [0.05, 0.1) is 4.47 Å². The number of rotatable bonds is 2. The molecular weight excluding hydrogens is 263 g/mol. The highest BCUT2D eigenvalue weighted by atomic mass is 79.9. The fourth-order valence-electron chi connectivity index (χ4n) is 1.11. The van der Waals surface area contributed by atoms with E-state index in [0.29, 0.717) is 15.6 Å². The molecule has 0 aromatic heterocycles. The second kappa shape index (κ2) is 4.57. The number of halogens is 2. The van der Waals surface area contributed by atoms with E-state index in [1.807, 2.05) is 0 Å². The lowest BCUT2D eigenvalue weighted by atomic mass is 10.0. The van der Waals surface area contributed by atoms with Crippen molar-refractivity contribution in [3.8, 4) is 0 Å². The maximum absolute atomic E-state index is 12.9. The van der Waals surface area contributed by atoms with E-state index in [4.69, 9.17) is 5.11 Å². The molecule has 1 aromatic rings. The molecule has 0 bridgehead atoms. The fraction of sp³-hybridized carbons (Fsp3) is 0.182. The van der Waals surface area contributed by atoms with E-state index in [1.54, 1.807) is 19.1 Å². The number of allylic oxidation sites excluding steroid dienone is 1. The molecule has 15 heavy (non-hydrogen) atoms. The molecule has 0 aliphatic rings. The molecule has 4 heteroatoms. The maximum Gasteiger partial charge on any atom is 0.331 e. The molecule has 0 atom stereocenters. The number of hydrogen-bond acceptors (Lipinski definition) is 1. The zero-order valence-corrected chi connectivity index (χ0v) is 9.93. The molecule has 0 radical (unpaired) electrons. The Morgan fingerprint density at radius 3 is 2.47 bits per heavy atom. The summed E-state index contributed by atoms with van der Waals surface area (Å²) >= 11 is 3.06. The first-order chi connectivity index (χ1) is 6.93. The number of benzene rings is 1. The van der Waals surface area contributed by atoms with Crippen LogP contribution in [0.25, 0.3) is 5.57 Å². The van der Waals surface area contributed by atoms with Crippen molar-refractivity contribution in [3.63, 3.8) is 0 Å². The summed E-state index contributed by atoms with van der Waals surface area (Å²) in [6, 6.07) is 4.43. The second-order valence-electron chi connectivity index (χ2n) is 3.18. The lowest BCUT2D eigenvalue weighted by molar-refractivity contribution is -0.132. The van der Waals surface area contributed by atoms with Crippen LogP contribution in [0.15, 0.2) is 28.2 Å². The van der Waals surface area contributed by atoms with E-state index in [-0.39, 0.29) is 11.4 Å². The van der Waals surface area contributed by atoms with Crippen molar-refractivity contribution in [3.05, 3.63) is 39.6 Å². The third-order valence-electron chi connectivity index (χ3n) is 2.24. The fourth-order valence-corrected chi connectivity index (χ4v) is 1.49. The Morgan fingerprint density at radius 2 is 2.00 bits per heavy atom. The van der Waals surface area contributed by atoms with Crippen LogP contribution in [0.5, 0.6) is 0 Å². The standard InChI is InChI=1S/C11H10BrFO2/c1-6(7(2)11(14)15)8-3-4-10(13)9(12)5-8/h3-5H,1-2H3,(H,14,15)/b7-6+. The van der Waals surface area contributed by atoms with Crippen LogP contribution in [0.2, 0.25) is 0 Å². The topological polar surface area (TPSA) is 37.3 Å². The zero-order valence-electron chi connectivity index (χ0n) is 8.34. The van der Waals surface area contributed by atoms with Crippen LogP contribution in [0, 0.1) is 5.82 Å². The molecule has 1 N–H and O–H groups in total. The number of hydrogen-bond donors (Lipinski definition) is 1. The van der Waals surface area contributed by atoms with Gasteiger partial charge in [-0.15, -0.1) is 0 Å². The van der Waals surface area contributed by atoms with Crippen LogP contribution in [0.4, 0.5) is 4.39 Å². The minimum absolute atomic E-state index is 0.258. The van der Waals surface area contributed by atoms with Crippen molar-refractivity contribution in [2.45, 2.75) is 13.8 Å². The van der Waals surface area contributed by atoms with Gasteiger partial charge in [0.2, 0.25) is 0 Å². The van der Waals surface area contributed by atoms with Crippen LogP contribution in [-0.2, 0) is 4.79 Å². The first-order valence-corrected chi connectivity index (χ1v) is 5.09. The summed E-state index contributed by atoms with van der Waals surface area (Å²) in [5, 5.41) is 8.79. The predicted octanol–water partition coefficient (Wildman–Crippen LogP) is 3.47. The normalized spacial score (nSPS) is 12.3. The molecule has 0 saturated heterocycles. The highest BCUT2D eigenvalue weighted by Crippen LogP contribution is 2.23. The summed E-state index contributed by atoms with van der Waals surface area (Å²) in [5.74, 6) is -1.33. The third-order valence-corrected chi connectivity index (χ3v) is 2.84. The maximum atomic E-state index is 12.9. The Hall–Kier alpha value is -1.16. The second-order valence-corrected chi connectivity index (χ2v) is 4.04. The third kappa shape index (κ3) is 2.65. The summed E-state index contributed by atoms with van der Waals surface area (Å²) in [6.07, 6.45) is 0. The number of aliphatic carboxylic acids is 1. The van der Waals surface area contributed by atoms with E-state index in [2.05, 4.69) is 15.9 Å². The average Bonchev–Trinajstić information content (AvgIpc) is 2.19. The molecule has 1 rings (SSSR count). The molecule has 2 nitrogen and oxygen atoms in total. The van der Waals surface area contributed by atoms with Gasteiger partial charge in [0.25, 0.3) is 0 Å². The van der Waals surface area contributed by atoms with Gasteiger partial charge < -0.3 is 5.11 Å². The van der Waals surface area contributed by atoms with Gasteiger partial charge in [0.15, 0.2) is 0 Å². The van der Waals surface area contributed by atoms with Crippen LogP contribution in [0.1, 0.15) is 19.4 Å². The molecule has 0 fully saturated rings. The Kier molecular flexibility index (Phi) is 3.63. The lowest BCUT2D eigenvalue weighted by Crippen LogP contribution is -1.99. The van der Waals surface area contributed by atoms with Crippen LogP contribution in [-0.4, -0.2) is 11.1 Å². The molecule has 0 unspecified atom stereocenters.